The Kier molecular flexibility index (Phi) is 2.76. The number of amides is 1. The maximum atomic E-state index is 11.1. The van der Waals surface area contributed by atoms with Crippen molar-refractivity contribution >= 4 is 16.9 Å². The van der Waals surface area contributed by atoms with Gasteiger partial charge in [0.15, 0.2) is 0 Å². The van der Waals surface area contributed by atoms with Crippen LogP contribution in [0.15, 0.2) is 24.3 Å². The fourth-order valence-corrected chi connectivity index (χ4v) is 2.34. The van der Waals surface area contributed by atoms with E-state index in [1.165, 1.54) is 0 Å². The SMILES string of the molecule is Cn1c(CNC2CNC(=O)C2)nc2ccccc21. The highest BCUT2D eigenvalue weighted by Crippen LogP contribution is 2.14. The lowest BCUT2D eigenvalue weighted by molar-refractivity contribution is -0.119. The normalized spacial score (nSPS) is 19.4. The Hall–Kier alpha value is -1.88. The van der Waals surface area contributed by atoms with Gasteiger partial charge in [-0.1, -0.05) is 12.1 Å². The first-order chi connectivity index (χ1) is 8.74. The van der Waals surface area contributed by atoms with Gasteiger partial charge in [0.1, 0.15) is 5.82 Å². The topological polar surface area (TPSA) is 59.0 Å². The smallest absolute Gasteiger partial charge is 0.221 e. The molecule has 2 N–H and O–H groups in total. The molecule has 5 heteroatoms. The number of imidazole rings is 1. The Balaban J connectivity index is 1.74. The van der Waals surface area contributed by atoms with Crippen LogP contribution in [0.2, 0.25) is 0 Å². The first-order valence-electron chi connectivity index (χ1n) is 6.14. The Morgan fingerprint density at radius 3 is 3.06 bits per heavy atom. The summed E-state index contributed by atoms with van der Waals surface area (Å²) in [4.78, 5) is 15.7. The van der Waals surface area contributed by atoms with Crippen molar-refractivity contribution in [2.75, 3.05) is 6.54 Å². The van der Waals surface area contributed by atoms with Gasteiger partial charge >= 0.3 is 0 Å². The molecule has 1 atom stereocenters. The van der Waals surface area contributed by atoms with Gasteiger partial charge in [-0.2, -0.15) is 0 Å². The summed E-state index contributed by atoms with van der Waals surface area (Å²) in [6, 6.07) is 8.30. The summed E-state index contributed by atoms with van der Waals surface area (Å²) in [5, 5.41) is 6.18. The van der Waals surface area contributed by atoms with Crippen LogP contribution in [-0.2, 0) is 18.4 Å². The first kappa shape index (κ1) is 11.2. The van der Waals surface area contributed by atoms with Crippen LogP contribution in [0.3, 0.4) is 0 Å². The number of nitrogens with one attached hydrogen (secondary N) is 2. The molecule has 1 fully saturated rings. The second kappa shape index (κ2) is 4.42. The van der Waals surface area contributed by atoms with Gasteiger partial charge in [-0.3, -0.25) is 4.79 Å². The molecule has 0 aliphatic carbocycles. The zero-order valence-corrected chi connectivity index (χ0v) is 10.3. The number of carbonyl (C=O) groups excluding carboxylic acids is 1. The molecule has 1 aromatic heterocycles. The van der Waals surface area contributed by atoms with E-state index < -0.39 is 0 Å². The quantitative estimate of drug-likeness (QED) is 0.829. The average Bonchev–Trinajstić information content (AvgIpc) is 2.92. The zero-order valence-electron chi connectivity index (χ0n) is 10.3. The van der Waals surface area contributed by atoms with Crippen LogP contribution in [0.5, 0.6) is 0 Å². The summed E-state index contributed by atoms with van der Waals surface area (Å²) in [6.07, 6.45) is 0.559. The summed E-state index contributed by atoms with van der Waals surface area (Å²) in [7, 11) is 2.02. The minimum Gasteiger partial charge on any atom is -0.354 e. The lowest BCUT2D eigenvalue weighted by Gasteiger charge is -2.09. The molecule has 94 valence electrons. The number of benzene rings is 1. The van der Waals surface area contributed by atoms with E-state index in [0.29, 0.717) is 19.5 Å². The summed E-state index contributed by atoms with van der Waals surface area (Å²) in [5.74, 6) is 1.12. The van der Waals surface area contributed by atoms with E-state index in [-0.39, 0.29) is 11.9 Å². The first-order valence-corrected chi connectivity index (χ1v) is 6.14. The third kappa shape index (κ3) is 1.97. The van der Waals surface area contributed by atoms with Crippen molar-refractivity contribution in [1.82, 2.24) is 20.2 Å². The van der Waals surface area contributed by atoms with Crippen LogP contribution in [0, 0.1) is 0 Å². The maximum Gasteiger partial charge on any atom is 0.221 e. The molecule has 2 aromatic rings. The number of para-hydroxylation sites is 2. The monoisotopic (exact) mass is 244 g/mol. The minimum absolute atomic E-state index is 0.123. The van der Waals surface area contributed by atoms with E-state index >= 15 is 0 Å². The molecule has 1 saturated heterocycles. The van der Waals surface area contributed by atoms with Gasteiger partial charge in [0.2, 0.25) is 5.91 Å². The van der Waals surface area contributed by atoms with Crippen molar-refractivity contribution in [1.29, 1.82) is 0 Å². The van der Waals surface area contributed by atoms with E-state index in [4.69, 9.17) is 0 Å². The molecule has 0 radical (unpaired) electrons. The van der Waals surface area contributed by atoms with E-state index in [9.17, 15) is 4.79 Å². The number of aromatic nitrogens is 2. The molecular formula is C13H16N4O. The highest BCUT2D eigenvalue weighted by Gasteiger charge is 2.21. The standard InChI is InChI=1S/C13H16N4O/c1-17-11-5-3-2-4-10(11)16-12(17)8-14-9-6-13(18)15-7-9/h2-5,9,14H,6-8H2,1H3,(H,15,18). The lowest BCUT2D eigenvalue weighted by Crippen LogP contribution is -2.31. The van der Waals surface area contributed by atoms with Crippen molar-refractivity contribution in [2.45, 2.75) is 19.0 Å². The molecule has 1 amide bonds. The predicted octanol–water partition coefficient (Wildman–Crippen LogP) is 0.551. The summed E-state index contributed by atoms with van der Waals surface area (Å²) >= 11 is 0. The molecule has 18 heavy (non-hydrogen) atoms. The van der Waals surface area contributed by atoms with E-state index in [2.05, 4.69) is 26.3 Å². The van der Waals surface area contributed by atoms with Gasteiger partial charge in [0.05, 0.1) is 17.6 Å². The number of aryl methyl sites for hydroxylation is 1. The van der Waals surface area contributed by atoms with Crippen LogP contribution in [0.4, 0.5) is 0 Å². The van der Waals surface area contributed by atoms with Crippen molar-refractivity contribution < 1.29 is 4.79 Å². The second-order valence-corrected chi connectivity index (χ2v) is 4.66. The average molecular weight is 244 g/mol. The Bertz CT molecular complexity index is 590. The Morgan fingerprint density at radius 2 is 2.33 bits per heavy atom. The number of carbonyl (C=O) groups is 1. The number of nitrogens with zero attached hydrogens (tertiary/aromatic N) is 2. The molecule has 1 aromatic carbocycles. The van der Waals surface area contributed by atoms with E-state index in [1.807, 2.05) is 25.2 Å². The number of hydrogen-bond acceptors (Lipinski definition) is 3. The molecule has 1 unspecified atom stereocenters. The van der Waals surface area contributed by atoms with Crippen molar-refractivity contribution in [3.63, 3.8) is 0 Å². The highest BCUT2D eigenvalue weighted by atomic mass is 16.1. The van der Waals surface area contributed by atoms with Crippen LogP contribution >= 0.6 is 0 Å². The highest BCUT2D eigenvalue weighted by molar-refractivity contribution is 5.79. The molecule has 0 bridgehead atoms. The zero-order chi connectivity index (χ0) is 12.5. The van der Waals surface area contributed by atoms with Gasteiger partial charge in [-0.05, 0) is 12.1 Å². The third-order valence-electron chi connectivity index (χ3n) is 3.41. The Labute approximate surface area is 105 Å². The fourth-order valence-electron chi connectivity index (χ4n) is 2.34. The molecule has 2 heterocycles. The van der Waals surface area contributed by atoms with Crippen molar-refractivity contribution in [3.8, 4) is 0 Å². The number of hydrogen-bond donors (Lipinski definition) is 2. The number of fused-ring (bicyclic) bond motifs is 1. The summed E-state index contributed by atoms with van der Waals surface area (Å²) in [6.45, 7) is 1.40. The van der Waals surface area contributed by atoms with Crippen LogP contribution in [-0.4, -0.2) is 28.0 Å². The lowest BCUT2D eigenvalue weighted by atomic mass is 10.2. The van der Waals surface area contributed by atoms with E-state index in [0.717, 1.165) is 16.9 Å². The molecule has 3 rings (SSSR count). The van der Waals surface area contributed by atoms with E-state index in [1.54, 1.807) is 0 Å². The van der Waals surface area contributed by atoms with Gasteiger partial charge in [0.25, 0.3) is 0 Å². The third-order valence-corrected chi connectivity index (χ3v) is 3.41. The molecule has 5 nitrogen and oxygen atoms in total. The molecule has 1 aliphatic heterocycles. The predicted molar refractivity (Wildman–Crippen MR) is 69.0 cm³/mol. The van der Waals surface area contributed by atoms with Crippen LogP contribution < -0.4 is 10.6 Å². The summed E-state index contributed by atoms with van der Waals surface area (Å²) in [5.41, 5.74) is 2.15. The molecule has 1 aliphatic rings. The number of rotatable bonds is 3. The largest absolute Gasteiger partial charge is 0.354 e. The molecule has 0 saturated carbocycles. The van der Waals surface area contributed by atoms with Crippen molar-refractivity contribution in [3.05, 3.63) is 30.1 Å². The molecular weight excluding hydrogens is 228 g/mol. The second-order valence-electron chi connectivity index (χ2n) is 4.66. The maximum absolute atomic E-state index is 11.1. The summed E-state index contributed by atoms with van der Waals surface area (Å²) < 4.78 is 2.09. The fraction of sp³-hybridized carbons (Fsp3) is 0.385. The van der Waals surface area contributed by atoms with Crippen LogP contribution in [0.25, 0.3) is 11.0 Å². The van der Waals surface area contributed by atoms with Gasteiger partial charge < -0.3 is 15.2 Å². The van der Waals surface area contributed by atoms with Gasteiger partial charge in [-0.15, -0.1) is 0 Å². The molecule has 0 spiro atoms. The van der Waals surface area contributed by atoms with Crippen LogP contribution in [0.1, 0.15) is 12.2 Å². The van der Waals surface area contributed by atoms with Gasteiger partial charge in [0, 0.05) is 26.1 Å². The Morgan fingerprint density at radius 1 is 1.50 bits per heavy atom. The van der Waals surface area contributed by atoms with Crippen molar-refractivity contribution in [2.24, 2.45) is 7.05 Å². The van der Waals surface area contributed by atoms with Gasteiger partial charge in [-0.25, -0.2) is 4.98 Å². The minimum atomic E-state index is 0.123.